The van der Waals surface area contributed by atoms with Crippen molar-refractivity contribution in [1.29, 1.82) is 0 Å². The maximum absolute atomic E-state index is 10.8. The average molecular weight is 399 g/mol. The highest BCUT2D eigenvalue weighted by Crippen LogP contribution is 2.25. The quantitative estimate of drug-likeness (QED) is 0.165. The Bertz CT molecular complexity index is 552. The molecule has 1 rings (SSSR count). The fourth-order valence-electron chi connectivity index (χ4n) is 1.63. The highest BCUT2D eigenvalue weighted by atomic mass is 32.3. The van der Waals surface area contributed by atoms with Crippen LogP contribution in [0.4, 0.5) is 0 Å². The Morgan fingerprint density at radius 1 is 1.21 bits per heavy atom. The summed E-state index contributed by atoms with van der Waals surface area (Å²) in [6.07, 6.45) is -6.28. The Balaban J connectivity index is 0.000000922. The first-order valence-electron chi connectivity index (χ1n) is 5.98. The summed E-state index contributed by atoms with van der Waals surface area (Å²) in [6.45, 7) is 0.334. The lowest BCUT2D eigenvalue weighted by atomic mass is 9.97. The van der Waals surface area contributed by atoms with Crippen molar-refractivity contribution in [3.8, 4) is 0 Å². The molecule has 0 spiro atoms. The standard InChI is InChI=1S/C8H15NO9S.H3O4P/c1-3(10)9-5-7(12)6(11)4(18-8(5)13)2-17-19(14,15)16;1-5(2,3)4/h4-8,11-13H,2H2,1H3,(H,9,10)(H,14,15,16);(H3,1,2,3,4)/t4-,5-,6-,7-,8?;/m1./s1. The lowest BCUT2D eigenvalue weighted by molar-refractivity contribution is -0.252. The van der Waals surface area contributed by atoms with E-state index in [4.69, 9.17) is 28.5 Å². The van der Waals surface area contributed by atoms with E-state index in [9.17, 15) is 28.5 Å². The monoisotopic (exact) mass is 399 g/mol. The van der Waals surface area contributed by atoms with Gasteiger partial charge in [-0.1, -0.05) is 0 Å². The smallest absolute Gasteiger partial charge is 0.388 e. The number of aliphatic hydroxyl groups is 3. The van der Waals surface area contributed by atoms with Crippen LogP contribution in [0, 0.1) is 0 Å². The molecule has 0 aromatic rings. The molecule has 14 nitrogen and oxygen atoms in total. The van der Waals surface area contributed by atoms with Gasteiger partial charge >= 0.3 is 18.2 Å². The average Bonchev–Trinajstić information content (AvgIpc) is 2.34. The van der Waals surface area contributed by atoms with Gasteiger partial charge in [-0.2, -0.15) is 8.42 Å². The molecule has 144 valence electrons. The molecular weight excluding hydrogens is 381 g/mol. The molecular formula is C8H18NO13PS. The summed E-state index contributed by atoms with van der Waals surface area (Å²) in [4.78, 5) is 32.4. The maximum Gasteiger partial charge on any atom is 0.466 e. The molecule has 1 unspecified atom stereocenters. The molecule has 1 fully saturated rings. The van der Waals surface area contributed by atoms with Gasteiger partial charge < -0.3 is 40.1 Å². The van der Waals surface area contributed by atoms with E-state index in [1.54, 1.807) is 0 Å². The predicted octanol–water partition coefficient (Wildman–Crippen LogP) is -4.18. The van der Waals surface area contributed by atoms with E-state index >= 15 is 0 Å². The number of hydrogen-bond donors (Lipinski definition) is 8. The van der Waals surface area contributed by atoms with Crippen LogP contribution in [-0.4, -0.2) is 86.1 Å². The zero-order valence-corrected chi connectivity index (χ0v) is 13.7. The number of phosphoric acid groups is 1. The van der Waals surface area contributed by atoms with E-state index in [1.807, 2.05) is 0 Å². The van der Waals surface area contributed by atoms with Gasteiger partial charge in [0.2, 0.25) is 5.91 Å². The molecule has 1 aliphatic rings. The Morgan fingerprint density at radius 3 is 2.04 bits per heavy atom. The number of carbonyl (C=O) groups is 1. The van der Waals surface area contributed by atoms with Crippen molar-refractivity contribution in [2.24, 2.45) is 0 Å². The molecule has 24 heavy (non-hydrogen) atoms. The first-order chi connectivity index (χ1) is 10.6. The minimum Gasteiger partial charge on any atom is -0.388 e. The van der Waals surface area contributed by atoms with Crippen molar-refractivity contribution in [3.63, 3.8) is 0 Å². The number of hydrogen-bond acceptors (Lipinski definition) is 9. The second-order valence-corrected chi connectivity index (χ2v) is 6.62. The Morgan fingerprint density at radius 2 is 1.67 bits per heavy atom. The lowest BCUT2D eigenvalue weighted by Gasteiger charge is -2.40. The Labute approximate surface area is 135 Å². The number of rotatable bonds is 4. The topological polar surface area (TPSA) is 240 Å². The summed E-state index contributed by atoms with van der Waals surface area (Å²) in [5.41, 5.74) is 0. The molecule has 1 amide bonds. The summed E-state index contributed by atoms with van der Waals surface area (Å²) in [5, 5.41) is 31.0. The normalized spacial score (nSPS) is 30.9. The van der Waals surface area contributed by atoms with Crippen molar-refractivity contribution >= 4 is 24.1 Å². The molecule has 1 heterocycles. The molecule has 0 saturated carbocycles. The highest BCUT2D eigenvalue weighted by Gasteiger charge is 2.44. The van der Waals surface area contributed by atoms with E-state index in [0.29, 0.717) is 0 Å². The van der Waals surface area contributed by atoms with Crippen LogP contribution in [0.15, 0.2) is 0 Å². The van der Waals surface area contributed by atoms with Gasteiger partial charge in [0.15, 0.2) is 6.29 Å². The van der Waals surface area contributed by atoms with Crippen LogP contribution < -0.4 is 5.32 Å². The van der Waals surface area contributed by atoms with Crippen LogP contribution in [0.3, 0.4) is 0 Å². The predicted molar refractivity (Wildman–Crippen MR) is 72.3 cm³/mol. The summed E-state index contributed by atoms with van der Waals surface area (Å²) < 4.78 is 46.8. The number of amides is 1. The van der Waals surface area contributed by atoms with Crippen molar-refractivity contribution in [2.45, 2.75) is 37.6 Å². The van der Waals surface area contributed by atoms with E-state index in [0.717, 1.165) is 6.92 Å². The Hall–Kier alpha value is -0.710. The minimum absolute atomic E-state index is 0.563. The number of ether oxygens (including phenoxy) is 1. The molecule has 16 heteroatoms. The summed E-state index contributed by atoms with van der Waals surface area (Å²) in [6, 6.07) is -1.27. The van der Waals surface area contributed by atoms with Crippen LogP contribution >= 0.6 is 7.82 Å². The second kappa shape index (κ2) is 9.12. The van der Waals surface area contributed by atoms with Crippen LogP contribution in [0.25, 0.3) is 0 Å². The molecule has 0 aromatic carbocycles. The first kappa shape index (κ1) is 23.3. The van der Waals surface area contributed by atoms with E-state index in [2.05, 4.69) is 9.50 Å². The van der Waals surface area contributed by atoms with Crippen LogP contribution in [0.1, 0.15) is 6.92 Å². The lowest BCUT2D eigenvalue weighted by Crippen LogP contribution is -2.64. The summed E-state index contributed by atoms with van der Waals surface area (Å²) in [7, 11) is -9.38. The van der Waals surface area contributed by atoms with Crippen molar-refractivity contribution in [1.82, 2.24) is 5.32 Å². The van der Waals surface area contributed by atoms with Gasteiger partial charge in [-0.05, 0) is 0 Å². The van der Waals surface area contributed by atoms with Crippen LogP contribution in [0.5, 0.6) is 0 Å². The zero-order valence-electron chi connectivity index (χ0n) is 12.0. The first-order valence-corrected chi connectivity index (χ1v) is 8.91. The molecule has 8 N–H and O–H groups in total. The van der Waals surface area contributed by atoms with Gasteiger partial charge in [-0.15, -0.1) is 0 Å². The third-order valence-electron chi connectivity index (χ3n) is 2.47. The molecule has 0 bridgehead atoms. The molecule has 1 aliphatic heterocycles. The van der Waals surface area contributed by atoms with Gasteiger partial charge in [-0.25, -0.2) is 8.75 Å². The number of nitrogens with one attached hydrogen (secondary N) is 1. The van der Waals surface area contributed by atoms with Gasteiger partial charge in [0.1, 0.15) is 24.4 Å². The van der Waals surface area contributed by atoms with Crippen molar-refractivity contribution in [2.75, 3.05) is 6.61 Å². The van der Waals surface area contributed by atoms with Gasteiger partial charge in [0.05, 0.1) is 6.61 Å². The summed E-state index contributed by atoms with van der Waals surface area (Å²) >= 11 is 0. The van der Waals surface area contributed by atoms with E-state index in [-0.39, 0.29) is 0 Å². The number of carbonyl (C=O) groups excluding carboxylic acids is 1. The second-order valence-electron chi connectivity index (χ2n) is 4.50. The van der Waals surface area contributed by atoms with E-state index < -0.39 is 61.4 Å². The fraction of sp³-hybridized carbons (Fsp3) is 0.875. The SMILES string of the molecule is CC(=O)N[C@H]1C(O)O[C@H](COS(=O)(=O)O)[C@@H](O)[C@@H]1O.O=P(O)(O)O. The molecule has 0 radical (unpaired) electrons. The highest BCUT2D eigenvalue weighted by molar-refractivity contribution is 7.80. The molecule has 0 aliphatic carbocycles. The fourth-order valence-corrected chi connectivity index (χ4v) is 1.93. The largest absolute Gasteiger partial charge is 0.466 e. The molecule has 1 saturated heterocycles. The zero-order chi connectivity index (χ0) is 19.3. The van der Waals surface area contributed by atoms with Crippen molar-refractivity contribution < 1.29 is 61.2 Å². The third kappa shape index (κ3) is 10.2. The maximum atomic E-state index is 10.8. The number of aliphatic hydroxyl groups excluding tert-OH is 3. The van der Waals surface area contributed by atoms with Gasteiger partial charge in [0, 0.05) is 6.92 Å². The van der Waals surface area contributed by atoms with Crippen molar-refractivity contribution in [3.05, 3.63) is 0 Å². The van der Waals surface area contributed by atoms with E-state index in [1.165, 1.54) is 0 Å². The molecule has 0 aromatic heterocycles. The third-order valence-corrected chi connectivity index (χ3v) is 2.91. The Kier molecular flexibility index (Phi) is 8.85. The molecule has 5 atom stereocenters. The van der Waals surface area contributed by atoms with Crippen LogP contribution in [0.2, 0.25) is 0 Å². The van der Waals surface area contributed by atoms with Gasteiger partial charge in [-0.3, -0.25) is 9.35 Å². The summed E-state index contributed by atoms with van der Waals surface area (Å²) in [5.74, 6) is -0.563. The van der Waals surface area contributed by atoms with Gasteiger partial charge in [0.25, 0.3) is 0 Å². The minimum atomic E-state index is -4.74. The van der Waals surface area contributed by atoms with Crippen LogP contribution in [-0.2, 0) is 28.7 Å².